The van der Waals surface area contributed by atoms with Crippen LogP contribution in [0, 0.1) is 6.92 Å². The third-order valence-corrected chi connectivity index (χ3v) is 5.27. The molecule has 2 amide bonds. The van der Waals surface area contributed by atoms with E-state index < -0.39 is 0 Å². The average Bonchev–Trinajstić information content (AvgIpc) is 3.22. The van der Waals surface area contributed by atoms with Gasteiger partial charge in [-0.3, -0.25) is 14.5 Å². The first kappa shape index (κ1) is 20.3. The first-order chi connectivity index (χ1) is 13.6. The zero-order valence-electron chi connectivity index (χ0n) is 15.9. The molecule has 2 heterocycles. The summed E-state index contributed by atoms with van der Waals surface area (Å²) in [7, 11) is 0. The topological polar surface area (TPSA) is 70.7 Å². The Morgan fingerprint density at radius 2 is 1.93 bits per heavy atom. The van der Waals surface area contributed by atoms with Gasteiger partial charge in [-0.2, -0.15) is 0 Å². The summed E-state index contributed by atoms with van der Waals surface area (Å²) in [4.78, 5) is 28.4. The van der Waals surface area contributed by atoms with Crippen LogP contribution in [0.4, 0.5) is 0 Å². The number of aryl methyl sites for hydroxylation is 1. The van der Waals surface area contributed by atoms with Crippen LogP contribution in [0.2, 0.25) is 0 Å². The Bertz CT molecular complexity index is 810. The maximum absolute atomic E-state index is 12.7. The normalized spacial score (nSPS) is 15.2. The first-order valence-electron chi connectivity index (χ1n) is 9.33. The number of carbonyl (C=O) groups is 2. The Morgan fingerprint density at radius 1 is 1.18 bits per heavy atom. The molecular weight excluding hydrogens is 374 g/mol. The van der Waals surface area contributed by atoms with Gasteiger partial charge in [0.15, 0.2) is 0 Å². The Hall–Kier alpha value is -2.48. The van der Waals surface area contributed by atoms with Crippen molar-refractivity contribution in [2.24, 2.45) is 0 Å². The fourth-order valence-corrected chi connectivity index (χ4v) is 3.48. The molecule has 1 aromatic carbocycles. The molecule has 148 valence electrons. The lowest BCUT2D eigenvalue weighted by Gasteiger charge is -2.26. The fraction of sp³-hybridized carbons (Fsp3) is 0.333. The van der Waals surface area contributed by atoms with E-state index in [2.05, 4.69) is 15.5 Å². The third kappa shape index (κ3) is 6.02. The fourth-order valence-electron chi connectivity index (χ4n) is 2.82. The van der Waals surface area contributed by atoms with Gasteiger partial charge in [-0.15, -0.1) is 11.3 Å². The van der Waals surface area contributed by atoms with Gasteiger partial charge in [0, 0.05) is 36.6 Å². The molecule has 0 saturated carbocycles. The van der Waals surface area contributed by atoms with Crippen molar-refractivity contribution in [3.05, 3.63) is 63.5 Å². The number of hydrogen-bond donors (Lipinski definition) is 2. The van der Waals surface area contributed by atoms with E-state index in [1.807, 2.05) is 36.6 Å². The molecule has 1 aliphatic heterocycles. The van der Waals surface area contributed by atoms with E-state index in [1.165, 1.54) is 11.3 Å². The number of benzene rings is 1. The summed E-state index contributed by atoms with van der Waals surface area (Å²) < 4.78 is 5.33. The lowest BCUT2D eigenvalue weighted by Crippen LogP contribution is -2.42. The van der Waals surface area contributed by atoms with Gasteiger partial charge in [-0.25, -0.2) is 0 Å². The van der Waals surface area contributed by atoms with Gasteiger partial charge >= 0.3 is 0 Å². The molecule has 1 aliphatic rings. The van der Waals surface area contributed by atoms with Gasteiger partial charge in [-0.05, 0) is 36.6 Å². The van der Waals surface area contributed by atoms with Gasteiger partial charge in [0.1, 0.15) is 5.70 Å². The minimum absolute atomic E-state index is 0.245. The number of amides is 2. The quantitative estimate of drug-likeness (QED) is 0.701. The highest BCUT2D eigenvalue weighted by Crippen LogP contribution is 2.13. The van der Waals surface area contributed by atoms with E-state index in [9.17, 15) is 9.59 Å². The Morgan fingerprint density at radius 3 is 2.61 bits per heavy atom. The molecule has 0 radical (unpaired) electrons. The lowest BCUT2D eigenvalue weighted by atomic mass is 10.1. The molecule has 28 heavy (non-hydrogen) atoms. The van der Waals surface area contributed by atoms with Crippen LogP contribution in [-0.4, -0.2) is 56.1 Å². The summed E-state index contributed by atoms with van der Waals surface area (Å²) in [6.45, 7) is 6.43. The average molecular weight is 400 g/mol. The highest BCUT2D eigenvalue weighted by atomic mass is 32.1. The van der Waals surface area contributed by atoms with Crippen molar-refractivity contribution in [3.63, 3.8) is 0 Å². The van der Waals surface area contributed by atoms with Crippen molar-refractivity contribution in [1.82, 2.24) is 15.5 Å². The minimum Gasteiger partial charge on any atom is -0.379 e. The number of hydrogen-bond acceptors (Lipinski definition) is 5. The highest BCUT2D eigenvalue weighted by molar-refractivity contribution is 7.10. The molecule has 0 bridgehead atoms. The van der Waals surface area contributed by atoms with Crippen molar-refractivity contribution >= 4 is 29.2 Å². The number of carbonyl (C=O) groups excluding carboxylic acids is 2. The van der Waals surface area contributed by atoms with E-state index in [0.717, 1.165) is 43.3 Å². The van der Waals surface area contributed by atoms with E-state index in [4.69, 9.17) is 4.74 Å². The summed E-state index contributed by atoms with van der Waals surface area (Å²) in [6.07, 6.45) is 1.71. The zero-order chi connectivity index (χ0) is 19.8. The van der Waals surface area contributed by atoms with Crippen LogP contribution in [0.1, 0.15) is 20.8 Å². The van der Waals surface area contributed by atoms with Gasteiger partial charge in [0.2, 0.25) is 0 Å². The summed E-state index contributed by atoms with van der Waals surface area (Å²) in [5.41, 5.74) is 1.84. The number of nitrogens with zero attached hydrogens (tertiary/aromatic N) is 1. The molecule has 0 unspecified atom stereocenters. The van der Waals surface area contributed by atoms with Crippen molar-refractivity contribution in [1.29, 1.82) is 0 Å². The Balaban J connectivity index is 1.63. The third-order valence-electron chi connectivity index (χ3n) is 4.45. The zero-order valence-corrected chi connectivity index (χ0v) is 16.8. The van der Waals surface area contributed by atoms with E-state index in [0.29, 0.717) is 12.1 Å². The lowest BCUT2D eigenvalue weighted by molar-refractivity contribution is -0.117. The molecule has 1 saturated heterocycles. The largest absolute Gasteiger partial charge is 0.379 e. The maximum atomic E-state index is 12.7. The van der Waals surface area contributed by atoms with Crippen LogP contribution in [0.25, 0.3) is 6.08 Å². The molecule has 6 nitrogen and oxygen atoms in total. The number of morpholine rings is 1. The van der Waals surface area contributed by atoms with Crippen molar-refractivity contribution in [3.8, 4) is 0 Å². The van der Waals surface area contributed by atoms with Crippen LogP contribution in [0.5, 0.6) is 0 Å². The number of thiophene rings is 1. The SMILES string of the molecule is Cc1ccc(C(=O)NC(=Cc2cccs2)C(=O)NCCN2CCOCC2)cc1. The van der Waals surface area contributed by atoms with Crippen molar-refractivity contribution < 1.29 is 14.3 Å². The van der Waals surface area contributed by atoms with Gasteiger partial charge < -0.3 is 15.4 Å². The smallest absolute Gasteiger partial charge is 0.267 e. The monoisotopic (exact) mass is 399 g/mol. The molecule has 2 aromatic rings. The molecule has 3 rings (SSSR count). The van der Waals surface area contributed by atoms with Crippen LogP contribution >= 0.6 is 11.3 Å². The van der Waals surface area contributed by atoms with Crippen LogP contribution in [0.3, 0.4) is 0 Å². The predicted molar refractivity (Wildman–Crippen MR) is 111 cm³/mol. The van der Waals surface area contributed by atoms with E-state index in [1.54, 1.807) is 18.2 Å². The highest BCUT2D eigenvalue weighted by Gasteiger charge is 2.16. The summed E-state index contributed by atoms with van der Waals surface area (Å²) in [5, 5.41) is 7.60. The second kappa shape index (κ2) is 10.2. The summed E-state index contributed by atoms with van der Waals surface area (Å²) in [6, 6.07) is 11.1. The van der Waals surface area contributed by atoms with Gasteiger partial charge in [0.05, 0.1) is 13.2 Å². The second-order valence-corrected chi connectivity index (χ2v) is 7.58. The molecule has 1 aromatic heterocycles. The molecule has 0 spiro atoms. The first-order valence-corrected chi connectivity index (χ1v) is 10.2. The number of rotatable bonds is 7. The number of ether oxygens (including phenoxy) is 1. The molecule has 2 N–H and O–H groups in total. The summed E-state index contributed by atoms with van der Waals surface area (Å²) in [5.74, 6) is -0.590. The standard InChI is InChI=1S/C21H25N3O3S/c1-16-4-6-17(7-5-16)20(25)23-19(15-18-3-2-14-28-18)21(26)22-8-9-24-10-12-27-13-11-24/h2-7,14-15H,8-13H2,1H3,(H,22,26)(H,23,25). The van der Waals surface area contributed by atoms with Crippen molar-refractivity contribution in [2.45, 2.75) is 6.92 Å². The number of nitrogens with one attached hydrogen (secondary N) is 2. The van der Waals surface area contributed by atoms with Crippen LogP contribution < -0.4 is 10.6 Å². The van der Waals surface area contributed by atoms with E-state index >= 15 is 0 Å². The van der Waals surface area contributed by atoms with Crippen molar-refractivity contribution in [2.75, 3.05) is 39.4 Å². The molecule has 0 atom stereocenters. The maximum Gasteiger partial charge on any atom is 0.267 e. The molecule has 1 fully saturated rings. The predicted octanol–water partition coefficient (Wildman–Crippen LogP) is 2.28. The Labute approximate surface area is 169 Å². The van der Waals surface area contributed by atoms with Gasteiger partial charge in [0.25, 0.3) is 11.8 Å². The summed E-state index contributed by atoms with van der Waals surface area (Å²) >= 11 is 1.51. The van der Waals surface area contributed by atoms with Crippen LogP contribution in [0.15, 0.2) is 47.5 Å². The van der Waals surface area contributed by atoms with E-state index in [-0.39, 0.29) is 17.5 Å². The molecule has 0 aliphatic carbocycles. The van der Waals surface area contributed by atoms with Crippen LogP contribution in [-0.2, 0) is 9.53 Å². The molecule has 7 heteroatoms. The minimum atomic E-state index is -0.300. The Kier molecular flexibility index (Phi) is 7.36. The van der Waals surface area contributed by atoms with Gasteiger partial charge in [-0.1, -0.05) is 23.8 Å². The molecular formula is C21H25N3O3S. The second-order valence-electron chi connectivity index (χ2n) is 6.60.